The summed E-state index contributed by atoms with van der Waals surface area (Å²) >= 11 is 5.68. The van der Waals surface area contributed by atoms with Crippen LogP contribution in [0.15, 0.2) is 35.4 Å². The highest BCUT2D eigenvalue weighted by Crippen LogP contribution is 2.18. The molecule has 0 aromatic carbocycles. The molecule has 0 amide bonds. The van der Waals surface area contributed by atoms with Gasteiger partial charge in [-0.1, -0.05) is 51.6 Å². The van der Waals surface area contributed by atoms with Crippen LogP contribution in [-0.4, -0.2) is 0 Å². The maximum absolute atomic E-state index is 5.68. The predicted octanol–water partition coefficient (Wildman–Crippen LogP) is 4.68. The van der Waals surface area contributed by atoms with Crippen LogP contribution in [0.4, 0.5) is 0 Å². The summed E-state index contributed by atoms with van der Waals surface area (Å²) in [7, 11) is 0. The lowest BCUT2D eigenvalue weighted by atomic mass is 10.1. The quantitative estimate of drug-likeness (QED) is 0.562. The van der Waals surface area contributed by atoms with Gasteiger partial charge in [0.1, 0.15) is 0 Å². The molecule has 0 fully saturated rings. The normalized spacial score (nSPS) is 10.8. The molecule has 0 bridgehead atoms. The van der Waals surface area contributed by atoms with E-state index in [0.29, 0.717) is 5.03 Å². The van der Waals surface area contributed by atoms with Gasteiger partial charge in [0.25, 0.3) is 0 Å². The van der Waals surface area contributed by atoms with Gasteiger partial charge < -0.3 is 0 Å². The van der Waals surface area contributed by atoms with Crippen molar-refractivity contribution in [3.05, 3.63) is 35.4 Å². The Morgan fingerprint density at radius 1 is 1.42 bits per heavy atom. The Balaban J connectivity index is 0. The van der Waals surface area contributed by atoms with Crippen molar-refractivity contribution in [1.29, 1.82) is 0 Å². The molecule has 70 valence electrons. The first-order valence-corrected chi connectivity index (χ1v) is 4.68. The highest BCUT2D eigenvalue weighted by Gasteiger charge is 1.96. The van der Waals surface area contributed by atoms with E-state index in [1.807, 2.05) is 26.8 Å². The van der Waals surface area contributed by atoms with Gasteiger partial charge in [0.15, 0.2) is 0 Å². The largest absolute Gasteiger partial charge is 0.0988 e. The third kappa shape index (κ3) is 5.20. The van der Waals surface area contributed by atoms with E-state index in [1.54, 1.807) is 0 Å². The fourth-order valence-corrected chi connectivity index (χ4v) is 0.858. The molecule has 0 atom stereocenters. The summed E-state index contributed by atoms with van der Waals surface area (Å²) in [6.45, 7) is 15.3. The minimum Gasteiger partial charge on any atom is -0.0988 e. The van der Waals surface area contributed by atoms with E-state index < -0.39 is 0 Å². The molecule has 0 saturated heterocycles. The monoisotopic (exact) mass is 186 g/mol. The van der Waals surface area contributed by atoms with Gasteiger partial charge in [0.2, 0.25) is 0 Å². The third-order valence-corrected chi connectivity index (χ3v) is 1.80. The number of rotatable bonds is 3. The van der Waals surface area contributed by atoms with Gasteiger partial charge in [-0.05, 0) is 24.5 Å². The Morgan fingerprint density at radius 3 is 1.92 bits per heavy atom. The smallest absolute Gasteiger partial charge is 0.0366 e. The molecule has 0 saturated carbocycles. The molecule has 0 heterocycles. The summed E-state index contributed by atoms with van der Waals surface area (Å²) < 4.78 is 0. The number of hydrogen-bond donors (Lipinski definition) is 0. The van der Waals surface area contributed by atoms with Crippen LogP contribution >= 0.6 is 11.6 Å². The van der Waals surface area contributed by atoms with Crippen molar-refractivity contribution in [2.45, 2.75) is 34.1 Å². The van der Waals surface area contributed by atoms with Crippen molar-refractivity contribution in [3.8, 4) is 0 Å². The molecule has 1 heteroatoms. The molecule has 0 aliphatic heterocycles. The molecule has 0 rings (SSSR count). The topological polar surface area (TPSA) is 0 Å². The van der Waals surface area contributed by atoms with E-state index >= 15 is 0 Å². The van der Waals surface area contributed by atoms with E-state index in [9.17, 15) is 0 Å². The van der Waals surface area contributed by atoms with Crippen molar-refractivity contribution in [1.82, 2.24) is 0 Å². The average molecular weight is 187 g/mol. The van der Waals surface area contributed by atoms with E-state index in [1.165, 1.54) is 5.57 Å². The van der Waals surface area contributed by atoms with Gasteiger partial charge in [0.05, 0.1) is 0 Å². The second kappa shape index (κ2) is 8.61. The minimum atomic E-state index is 0.608. The summed E-state index contributed by atoms with van der Waals surface area (Å²) in [4.78, 5) is 0. The summed E-state index contributed by atoms with van der Waals surface area (Å²) in [5.41, 5.74) is 2.21. The first kappa shape index (κ1) is 14.1. The first-order valence-electron chi connectivity index (χ1n) is 4.30. The van der Waals surface area contributed by atoms with Crippen LogP contribution in [0.2, 0.25) is 0 Å². The zero-order chi connectivity index (χ0) is 10.1. The second-order valence-electron chi connectivity index (χ2n) is 2.11. The maximum Gasteiger partial charge on any atom is 0.0366 e. The number of allylic oxidation sites excluding steroid dienone is 4. The zero-order valence-corrected chi connectivity index (χ0v) is 9.33. The molecule has 0 unspecified atom stereocenters. The van der Waals surface area contributed by atoms with Crippen molar-refractivity contribution in [2.24, 2.45) is 0 Å². The van der Waals surface area contributed by atoms with Crippen LogP contribution < -0.4 is 0 Å². The van der Waals surface area contributed by atoms with E-state index in [2.05, 4.69) is 20.1 Å². The fourth-order valence-electron chi connectivity index (χ4n) is 0.737. The fraction of sp³-hybridized carbons (Fsp3) is 0.455. The predicted molar refractivity (Wildman–Crippen MR) is 59.5 cm³/mol. The van der Waals surface area contributed by atoms with Gasteiger partial charge in [-0.25, -0.2) is 0 Å². The number of hydrogen-bond acceptors (Lipinski definition) is 0. The molecule has 0 aliphatic carbocycles. The molecular weight excluding hydrogens is 168 g/mol. The van der Waals surface area contributed by atoms with Crippen LogP contribution in [-0.2, 0) is 0 Å². The van der Waals surface area contributed by atoms with Crippen LogP contribution in [0.25, 0.3) is 0 Å². The lowest BCUT2D eigenvalue weighted by molar-refractivity contribution is 1.12. The highest BCUT2D eigenvalue weighted by atomic mass is 35.5. The van der Waals surface area contributed by atoms with Crippen LogP contribution in [0, 0.1) is 0 Å². The van der Waals surface area contributed by atoms with Gasteiger partial charge in [-0.3, -0.25) is 0 Å². The molecule has 0 radical (unpaired) electrons. The first-order chi connectivity index (χ1) is 5.63. The standard InChI is InChI=1S/C9H13Cl.C2H6/c1-5-9(6-2)7(3)8(4)10;1-2/h5H,1,4,6H2,2-3H3;1-2H3/b9-7+;. The Hall–Kier alpha value is -0.490. The van der Waals surface area contributed by atoms with E-state index in [0.717, 1.165) is 12.0 Å². The SMILES string of the molecule is C=C/C(CC)=C(/C)C(=C)Cl.CC. The van der Waals surface area contributed by atoms with Gasteiger partial charge in [0, 0.05) is 5.03 Å². The van der Waals surface area contributed by atoms with Gasteiger partial charge >= 0.3 is 0 Å². The second-order valence-corrected chi connectivity index (χ2v) is 2.57. The van der Waals surface area contributed by atoms with Crippen molar-refractivity contribution < 1.29 is 0 Å². The summed E-state index contributed by atoms with van der Waals surface area (Å²) in [5, 5.41) is 0.608. The molecule has 0 spiro atoms. The Kier molecular flexibility index (Phi) is 10.1. The Morgan fingerprint density at radius 2 is 1.83 bits per heavy atom. The van der Waals surface area contributed by atoms with Crippen LogP contribution in [0.3, 0.4) is 0 Å². The lowest BCUT2D eigenvalue weighted by Gasteiger charge is -2.02. The average Bonchev–Trinajstić information content (AvgIpc) is 2.10. The molecule has 0 aromatic rings. The zero-order valence-electron chi connectivity index (χ0n) is 8.58. The van der Waals surface area contributed by atoms with Crippen LogP contribution in [0.5, 0.6) is 0 Å². The third-order valence-electron chi connectivity index (χ3n) is 1.52. The van der Waals surface area contributed by atoms with Crippen molar-refractivity contribution >= 4 is 11.6 Å². The Bertz CT molecular complexity index is 175. The van der Waals surface area contributed by atoms with E-state index in [-0.39, 0.29) is 0 Å². The van der Waals surface area contributed by atoms with E-state index in [4.69, 9.17) is 11.6 Å². The molecule has 0 aliphatic rings. The minimum absolute atomic E-state index is 0.608. The molecule has 12 heavy (non-hydrogen) atoms. The lowest BCUT2D eigenvalue weighted by Crippen LogP contribution is -1.82. The Labute approximate surface area is 81.6 Å². The van der Waals surface area contributed by atoms with Crippen molar-refractivity contribution in [2.75, 3.05) is 0 Å². The maximum atomic E-state index is 5.68. The molecule has 0 N–H and O–H groups in total. The molecule has 0 nitrogen and oxygen atoms in total. The van der Waals surface area contributed by atoms with Crippen LogP contribution in [0.1, 0.15) is 34.1 Å². The molecule has 0 aromatic heterocycles. The van der Waals surface area contributed by atoms with Gasteiger partial charge in [-0.2, -0.15) is 0 Å². The number of halogens is 1. The van der Waals surface area contributed by atoms with Crippen molar-refractivity contribution in [3.63, 3.8) is 0 Å². The summed E-state index contributed by atoms with van der Waals surface area (Å²) in [6, 6.07) is 0. The summed E-state index contributed by atoms with van der Waals surface area (Å²) in [6.07, 6.45) is 2.78. The highest BCUT2D eigenvalue weighted by molar-refractivity contribution is 6.31. The molecular formula is C11H19Cl. The van der Waals surface area contributed by atoms with Gasteiger partial charge in [-0.15, -0.1) is 0 Å². The summed E-state index contributed by atoms with van der Waals surface area (Å²) in [5.74, 6) is 0.